The first-order valence-corrected chi connectivity index (χ1v) is 6.34. The van der Waals surface area contributed by atoms with Gasteiger partial charge in [-0.05, 0) is 6.07 Å². The Morgan fingerprint density at radius 3 is 2.82 bits per heavy atom. The molecule has 2 N–H and O–H groups in total. The van der Waals surface area contributed by atoms with E-state index in [1.807, 2.05) is 12.1 Å². The van der Waals surface area contributed by atoms with E-state index in [1.54, 1.807) is 18.3 Å². The highest BCUT2D eigenvalue weighted by Gasteiger charge is 2.17. The third kappa shape index (κ3) is 1.49. The van der Waals surface area contributed by atoms with Crippen LogP contribution in [0.15, 0.2) is 41.6 Å². The lowest BCUT2D eigenvalue weighted by molar-refractivity contribution is 0.484. The lowest BCUT2D eigenvalue weighted by atomic mass is 10.1. The fourth-order valence-corrected chi connectivity index (χ4v) is 2.54. The Morgan fingerprint density at radius 1 is 1.24 bits per heavy atom. The highest BCUT2D eigenvalue weighted by atomic mass is 32.2. The maximum atomic E-state index is 11.1. The number of nitrogens with one attached hydrogen (secondary N) is 1. The topological polar surface area (TPSA) is 83.1 Å². The van der Waals surface area contributed by atoms with Crippen LogP contribution in [0.5, 0.6) is 0 Å². The van der Waals surface area contributed by atoms with Crippen molar-refractivity contribution in [1.29, 1.82) is 0 Å². The Balaban J connectivity index is 2.52. The Bertz CT molecular complexity index is 821. The second-order valence-electron chi connectivity index (χ2n) is 3.69. The fraction of sp³-hybridized carbons (Fsp3) is 0. The van der Waals surface area contributed by atoms with E-state index in [2.05, 4.69) is 9.97 Å². The molecule has 2 aromatic heterocycles. The number of nitrogens with zero attached hydrogens (tertiary/aromatic N) is 1. The summed E-state index contributed by atoms with van der Waals surface area (Å²) in [5.74, 6) is 0. The Kier molecular flexibility index (Phi) is 1.98. The number of H-pyrrole nitrogens is 1. The van der Waals surface area contributed by atoms with Gasteiger partial charge in [-0.3, -0.25) is 9.54 Å². The van der Waals surface area contributed by atoms with E-state index in [9.17, 15) is 8.42 Å². The molecule has 0 amide bonds. The zero-order valence-electron chi connectivity index (χ0n) is 8.58. The molecule has 0 spiro atoms. The summed E-state index contributed by atoms with van der Waals surface area (Å²) in [6, 6.07) is 7.17. The van der Waals surface area contributed by atoms with Crippen LogP contribution in [0.25, 0.3) is 21.8 Å². The summed E-state index contributed by atoms with van der Waals surface area (Å²) < 4.78 is 31.4. The van der Waals surface area contributed by atoms with Crippen LogP contribution < -0.4 is 0 Å². The molecule has 17 heavy (non-hydrogen) atoms. The maximum Gasteiger partial charge on any atom is 0.296 e. The molecule has 86 valence electrons. The van der Waals surface area contributed by atoms with Crippen molar-refractivity contribution in [3.05, 3.63) is 36.7 Å². The molecule has 0 saturated heterocycles. The predicted octanol–water partition coefficient (Wildman–Crippen LogP) is 1.96. The molecular formula is C11H8N2O3S. The van der Waals surface area contributed by atoms with Gasteiger partial charge in [-0.2, -0.15) is 8.42 Å². The van der Waals surface area contributed by atoms with E-state index < -0.39 is 10.1 Å². The second-order valence-corrected chi connectivity index (χ2v) is 5.08. The number of hydrogen-bond donors (Lipinski definition) is 2. The van der Waals surface area contributed by atoms with E-state index in [4.69, 9.17) is 4.55 Å². The minimum absolute atomic E-state index is 0.161. The molecule has 0 atom stereocenters. The van der Waals surface area contributed by atoms with Crippen LogP contribution in [-0.2, 0) is 10.1 Å². The minimum Gasteiger partial charge on any atom is -0.359 e. The Hall–Kier alpha value is -1.92. The van der Waals surface area contributed by atoms with Crippen LogP contribution >= 0.6 is 0 Å². The van der Waals surface area contributed by atoms with E-state index >= 15 is 0 Å². The van der Waals surface area contributed by atoms with Crippen molar-refractivity contribution >= 4 is 31.9 Å². The molecule has 5 nitrogen and oxygen atoms in total. The number of pyridine rings is 1. The van der Waals surface area contributed by atoms with Crippen molar-refractivity contribution in [2.45, 2.75) is 4.90 Å². The SMILES string of the molecule is O=S(=O)(O)c1cnc2c1ccc1ccc[nH]c12. The molecule has 0 radical (unpaired) electrons. The van der Waals surface area contributed by atoms with Crippen LogP contribution in [-0.4, -0.2) is 22.9 Å². The first kappa shape index (κ1) is 10.2. The minimum atomic E-state index is -4.23. The van der Waals surface area contributed by atoms with Crippen LogP contribution in [0, 0.1) is 0 Å². The van der Waals surface area contributed by atoms with Crippen molar-refractivity contribution in [1.82, 2.24) is 9.97 Å². The number of fused-ring (bicyclic) bond motifs is 3. The van der Waals surface area contributed by atoms with Gasteiger partial charge in [-0.25, -0.2) is 0 Å². The standard InChI is InChI=1S/C11H8N2O3S/c14-17(15,16)9-6-13-11-8(9)4-3-7-2-1-5-12-10(7)11/h1-6,12H,(H,14,15,16). The van der Waals surface area contributed by atoms with E-state index in [1.165, 1.54) is 6.20 Å². The quantitative estimate of drug-likeness (QED) is 0.645. The molecule has 0 saturated carbocycles. The predicted molar refractivity (Wildman–Crippen MR) is 63.4 cm³/mol. The van der Waals surface area contributed by atoms with E-state index in [0.29, 0.717) is 10.9 Å². The zero-order valence-corrected chi connectivity index (χ0v) is 9.40. The largest absolute Gasteiger partial charge is 0.359 e. The molecule has 0 fully saturated rings. The van der Waals surface area contributed by atoms with Crippen molar-refractivity contribution in [2.75, 3.05) is 0 Å². The van der Waals surface area contributed by atoms with Gasteiger partial charge in [0.2, 0.25) is 0 Å². The molecule has 3 aromatic rings. The highest BCUT2D eigenvalue weighted by molar-refractivity contribution is 7.86. The zero-order chi connectivity index (χ0) is 12.0. The molecule has 3 rings (SSSR count). The number of rotatable bonds is 1. The van der Waals surface area contributed by atoms with Gasteiger partial charge in [0.1, 0.15) is 4.90 Å². The smallest absolute Gasteiger partial charge is 0.296 e. The molecule has 0 bridgehead atoms. The van der Waals surface area contributed by atoms with Gasteiger partial charge in [0.15, 0.2) is 0 Å². The summed E-state index contributed by atoms with van der Waals surface area (Å²) >= 11 is 0. The highest BCUT2D eigenvalue weighted by Crippen LogP contribution is 2.27. The lowest BCUT2D eigenvalue weighted by Crippen LogP contribution is -1.96. The van der Waals surface area contributed by atoms with Crippen molar-refractivity contribution in [2.24, 2.45) is 0 Å². The molecule has 2 heterocycles. The van der Waals surface area contributed by atoms with Gasteiger partial charge in [-0.15, -0.1) is 0 Å². The first-order chi connectivity index (χ1) is 8.07. The summed E-state index contributed by atoms with van der Waals surface area (Å²) in [6.45, 7) is 0. The number of aromatic amines is 1. The van der Waals surface area contributed by atoms with Gasteiger partial charge < -0.3 is 4.98 Å². The monoisotopic (exact) mass is 248 g/mol. The maximum absolute atomic E-state index is 11.1. The van der Waals surface area contributed by atoms with Crippen LogP contribution in [0.2, 0.25) is 0 Å². The van der Waals surface area contributed by atoms with Crippen LogP contribution in [0.3, 0.4) is 0 Å². The molecule has 6 heteroatoms. The van der Waals surface area contributed by atoms with Crippen molar-refractivity contribution < 1.29 is 13.0 Å². The summed E-state index contributed by atoms with van der Waals surface area (Å²) in [4.78, 5) is 6.90. The van der Waals surface area contributed by atoms with Crippen LogP contribution in [0.1, 0.15) is 0 Å². The lowest BCUT2D eigenvalue weighted by Gasteiger charge is -1.99. The Labute approximate surface area is 96.9 Å². The van der Waals surface area contributed by atoms with Crippen molar-refractivity contribution in [3.8, 4) is 0 Å². The summed E-state index contributed by atoms with van der Waals surface area (Å²) in [7, 11) is -4.23. The van der Waals surface area contributed by atoms with Gasteiger partial charge in [0.05, 0.1) is 11.0 Å². The van der Waals surface area contributed by atoms with Crippen molar-refractivity contribution in [3.63, 3.8) is 0 Å². The summed E-state index contributed by atoms with van der Waals surface area (Å²) in [5, 5.41) is 1.35. The molecule has 0 aliphatic carbocycles. The normalized spacial score (nSPS) is 12.3. The van der Waals surface area contributed by atoms with Gasteiger partial charge >= 0.3 is 0 Å². The number of aromatic nitrogens is 2. The summed E-state index contributed by atoms with van der Waals surface area (Å²) in [5.41, 5.74) is 1.29. The third-order valence-electron chi connectivity index (χ3n) is 2.66. The van der Waals surface area contributed by atoms with E-state index in [-0.39, 0.29) is 4.90 Å². The molecule has 1 aromatic carbocycles. The molecule has 0 aliphatic rings. The van der Waals surface area contributed by atoms with E-state index in [0.717, 1.165) is 10.9 Å². The first-order valence-electron chi connectivity index (χ1n) is 4.90. The average Bonchev–Trinajstić information content (AvgIpc) is 2.72. The van der Waals surface area contributed by atoms with Crippen LogP contribution in [0.4, 0.5) is 0 Å². The molecule has 0 aliphatic heterocycles. The molecular weight excluding hydrogens is 240 g/mol. The van der Waals surface area contributed by atoms with Gasteiger partial charge in [0, 0.05) is 23.2 Å². The molecule has 0 unspecified atom stereocenters. The van der Waals surface area contributed by atoms with Gasteiger partial charge in [0.25, 0.3) is 10.1 Å². The summed E-state index contributed by atoms with van der Waals surface area (Å²) in [6.07, 6.45) is 2.91. The second kappa shape index (κ2) is 3.28. The average molecular weight is 248 g/mol. The number of hydrogen-bond acceptors (Lipinski definition) is 3. The Morgan fingerprint density at radius 2 is 2.06 bits per heavy atom. The third-order valence-corrected chi connectivity index (χ3v) is 3.55. The fourth-order valence-electron chi connectivity index (χ4n) is 1.91. The number of benzene rings is 1. The van der Waals surface area contributed by atoms with Gasteiger partial charge in [-0.1, -0.05) is 18.2 Å².